The van der Waals surface area contributed by atoms with Gasteiger partial charge in [0, 0.05) is 18.8 Å². The van der Waals surface area contributed by atoms with Crippen molar-refractivity contribution in [3.8, 4) is 11.1 Å². The maximum absolute atomic E-state index is 13.4. The van der Waals surface area contributed by atoms with Gasteiger partial charge < -0.3 is 15.9 Å². The summed E-state index contributed by atoms with van der Waals surface area (Å²) in [5, 5.41) is 4.14. The minimum atomic E-state index is -0.619. The van der Waals surface area contributed by atoms with Crippen molar-refractivity contribution >= 4 is 28.3 Å². The molecule has 0 radical (unpaired) electrons. The number of amides is 1. The second kappa shape index (κ2) is 11.1. The van der Waals surface area contributed by atoms with E-state index in [2.05, 4.69) is 10.1 Å². The molecule has 0 unspecified atom stereocenters. The number of hydrogen-bond acceptors (Lipinski definition) is 6. The second-order valence-electron chi connectivity index (χ2n) is 7.10. The average Bonchev–Trinajstić information content (AvgIpc) is 3.22. The predicted molar refractivity (Wildman–Crippen MR) is 135 cm³/mol. The lowest BCUT2D eigenvalue weighted by Crippen LogP contribution is -2.12. The van der Waals surface area contributed by atoms with E-state index in [1.54, 1.807) is 18.5 Å². The Kier molecular flexibility index (Phi) is 7.93. The predicted octanol–water partition coefficient (Wildman–Crippen LogP) is 4.60. The Balaban J connectivity index is 0.000000197. The molecule has 0 saturated carbocycles. The van der Waals surface area contributed by atoms with Gasteiger partial charge in [-0.25, -0.2) is 13.9 Å². The number of primary amides is 1. The minimum absolute atomic E-state index is 0.103. The first kappa shape index (κ1) is 25.1. The molecule has 0 saturated heterocycles. The van der Waals surface area contributed by atoms with E-state index in [1.807, 2.05) is 51.1 Å². The van der Waals surface area contributed by atoms with Gasteiger partial charge in [0.15, 0.2) is 11.5 Å². The molecular formula is C26H26FN5O3. The summed E-state index contributed by atoms with van der Waals surface area (Å²) in [6.07, 6.45) is 3.79. The third kappa shape index (κ3) is 5.19. The Labute approximate surface area is 201 Å². The molecule has 1 amide bonds. The van der Waals surface area contributed by atoms with Gasteiger partial charge in [-0.05, 0) is 29.8 Å². The highest BCUT2D eigenvalue weighted by Gasteiger charge is 2.16. The van der Waals surface area contributed by atoms with Crippen LogP contribution in [0.3, 0.4) is 0 Å². The molecule has 3 heterocycles. The zero-order chi connectivity index (χ0) is 25.5. The van der Waals surface area contributed by atoms with E-state index < -0.39 is 11.7 Å². The first-order chi connectivity index (χ1) is 16.9. The van der Waals surface area contributed by atoms with Crippen LogP contribution in [0.2, 0.25) is 0 Å². The van der Waals surface area contributed by atoms with Crippen LogP contribution in [0.15, 0.2) is 76.2 Å². The van der Waals surface area contributed by atoms with Gasteiger partial charge in [0.25, 0.3) is 5.91 Å². The zero-order valence-corrected chi connectivity index (χ0v) is 19.7. The highest BCUT2D eigenvalue weighted by atomic mass is 19.1. The van der Waals surface area contributed by atoms with E-state index in [0.717, 1.165) is 5.56 Å². The number of nitrogens with zero attached hydrogens (tertiary/aromatic N) is 3. The van der Waals surface area contributed by atoms with Crippen LogP contribution in [0, 0.1) is 5.82 Å². The monoisotopic (exact) mass is 475 g/mol. The Bertz CT molecular complexity index is 1530. The molecule has 180 valence electrons. The van der Waals surface area contributed by atoms with Gasteiger partial charge in [0.05, 0.1) is 10.9 Å². The van der Waals surface area contributed by atoms with Gasteiger partial charge in [-0.2, -0.15) is 0 Å². The van der Waals surface area contributed by atoms with E-state index >= 15 is 0 Å². The Hall–Kier alpha value is -4.53. The quantitative estimate of drug-likeness (QED) is 0.392. The van der Waals surface area contributed by atoms with Gasteiger partial charge in [0.1, 0.15) is 22.7 Å². The molecule has 3 aromatic heterocycles. The number of anilines is 1. The van der Waals surface area contributed by atoms with Crippen molar-refractivity contribution in [2.45, 2.75) is 27.2 Å². The lowest BCUT2D eigenvalue weighted by Gasteiger charge is -2.08. The van der Waals surface area contributed by atoms with Crippen molar-refractivity contribution in [2.24, 2.45) is 5.73 Å². The van der Waals surface area contributed by atoms with E-state index in [-0.39, 0.29) is 22.2 Å². The number of aromatic nitrogens is 3. The number of nitrogens with two attached hydrogens (primary N) is 2. The molecule has 35 heavy (non-hydrogen) atoms. The van der Waals surface area contributed by atoms with Crippen molar-refractivity contribution in [1.29, 1.82) is 0 Å². The third-order valence-electron chi connectivity index (χ3n) is 4.98. The molecule has 0 fully saturated rings. The summed E-state index contributed by atoms with van der Waals surface area (Å²) < 4.78 is 20.5. The summed E-state index contributed by atoms with van der Waals surface area (Å²) >= 11 is 0. The number of halogens is 1. The number of benzene rings is 2. The molecule has 0 aliphatic carbocycles. The molecule has 0 aliphatic heterocycles. The van der Waals surface area contributed by atoms with Crippen molar-refractivity contribution in [2.75, 3.05) is 5.73 Å². The molecule has 2 aromatic carbocycles. The summed E-state index contributed by atoms with van der Waals surface area (Å²) in [7, 11) is 0. The van der Waals surface area contributed by atoms with Crippen LogP contribution in [0.5, 0.6) is 0 Å². The van der Waals surface area contributed by atoms with E-state index in [0.29, 0.717) is 29.0 Å². The summed E-state index contributed by atoms with van der Waals surface area (Å²) in [5.74, 6) is -0.328. The number of rotatable bonds is 3. The maximum atomic E-state index is 13.4. The highest BCUT2D eigenvalue weighted by molar-refractivity contribution is 6.03. The molecular weight excluding hydrogens is 449 g/mol. The summed E-state index contributed by atoms with van der Waals surface area (Å²) in [4.78, 5) is 27.5. The molecule has 5 aromatic rings. The van der Waals surface area contributed by atoms with Crippen LogP contribution < -0.4 is 16.9 Å². The van der Waals surface area contributed by atoms with E-state index in [4.69, 9.17) is 15.9 Å². The lowest BCUT2D eigenvalue weighted by atomic mass is 10.0. The molecule has 0 bridgehead atoms. The zero-order valence-electron chi connectivity index (χ0n) is 19.7. The summed E-state index contributed by atoms with van der Waals surface area (Å²) in [5.41, 5.74) is 12.7. The fraction of sp³-hybridized carbons (Fsp3) is 0.154. The number of nitrogen functional groups attached to an aromatic ring is 1. The largest absolute Gasteiger partial charge is 0.460 e. The highest BCUT2D eigenvalue weighted by Crippen LogP contribution is 2.25. The Morgan fingerprint density at radius 2 is 1.83 bits per heavy atom. The van der Waals surface area contributed by atoms with Gasteiger partial charge in [-0.15, -0.1) is 5.10 Å². The normalized spacial score (nSPS) is 10.3. The fourth-order valence-corrected chi connectivity index (χ4v) is 3.50. The number of aryl methyl sites for hydroxylation is 1. The SMILES string of the molecule is CC.CCc1oc2ccc(F)cc2c(=O)c1-c1ccccc1.NC(=O)c1c(N)nn2cccnc12. The van der Waals surface area contributed by atoms with E-state index in [1.165, 1.54) is 22.7 Å². The molecule has 4 N–H and O–H groups in total. The van der Waals surface area contributed by atoms with E-state index in [9.17, 15) is 14.0 Å². The van der Waals surface area contributed by atoms with Crippen LogP contribution >= 0.6 is 0 Å². The van der Waals surface area contributed by atoms with Crippen molar-refractivity contribution in [3.05, 3.63) is 94.4 Å². The first-order valence-electron chi connectivity index (χ1n) is 11.1. The summed E-state index contributed by atoms with van der Waals surface area (Å²) in [6, 6.07) is 15.0. The smallest absolute Gasteiger partial charge is 0.256 e. The molecule has 8 nitrogen and oxygen atoms in total. The van der Waals surface area contributed by atoms with Crippen LogP contribution in [-0.4, -0.2) is 20.5 Å². The van der Waals surface area contributed by atoms with Crippen LogP contribution in [-0.2, 0) is 6.42 Å². The van der Waals surface area contributed by atoms with Gasteiger partial charge in [-0.1, -0.05) is 51.1 Å². The van der Waals surface area contributed by atoms with Gasteiger partial charge in [0.2, 0.25) is 5.43 Å². The third-order valence-corrected chi connectivity index (χ3v) is 4.98. The summed E-state index contributed by atoms with van der Waals surface area (Å²) in [6.45, 7) is 5.93. The Morgan fingerprint density at radius 3 is 2.49 bits per heavy atom. The van der Waals surface area contributed by atoms with Crippen molar-refractivity contribution < 1.29 is 13.6 Å². The maximum Gasteiger partial charge on any atom is 0.256 e. The number of carbonyl (C=O) groups is 1. The van der Waals surface area contributed by atoms with Crippen LogP contribution in [0.4, 0.5) is 10.2 Å². The Morgan fingerprint density at radius 1 is 1.11 bits per heavy atom. The van der Waals surface area contributed by atoms with Crippen molar-refractivity contribution in [1.82, 2.24) is 14.6 Å². The topological polar surface area (TPSA) is 130 Å². The molecule has 0 atom stereocenters. The molecule has 0 aliphatic rings. The van der Waals surface area contributed by atoms with Crippen LogP contribution in [0.25, 0.3) is 27.7 Å². The number of fused-ring (bicyclic) bond motifs is 2. The fourth-order valence-electron chi connectivity index (χ4n) is 3.50. The minimum Gasteiger partial charge on any atom is -0.460 e. The first-order valence-corrected chi connectivity index (χ1v) is 11.1. The van der Waals surface area contributed by atoms with Gasteiger partial charge >= 0.3 is 0 Å². The standard InChI is InChI=1S/C17H13FO2.C7H7N5O.C2H6/c1-2-14-16(11-6-4-3-5-7-11)17(19)13-10-12(18)8-9-15(13)20-14;8-5-4(6(9)13)7-10-2-1-3-12(7)11-5;1-2/h3-10H,2H2,1H3;1-3H,(H2,8,11)(H2,9,13);1-2H3. The lowest BCUT2D eigenvalue weighted by molar-refractivity contribution is 0.100. The second-order valence-corrected chi connectivity index (χ2v) is 7.10. The molecule has 0 spiro atoms. The average molecular weight is 476 g/mol. The number of carbonyl (C=O) groups excluding carboxylic acids is 1. The van der Waals surface area contributed by atoms with Gasteiger partial charge in [-0.3, -0.25) is 9.59 Å². The number of hydrogen-bond donors (Lipinski definition) is 2. The molecule has 9 heteroatoms. The molecule has 5 rings (SSSR count). The van der Waals surface area contributed by atoms with Crippen LogP contribution in [0.1, 0.15) is 36.9 Å². The van der Waals surface area contributed by atoms with Crippen molar-refractivity contribution in [3.63, 3.8) is 0 Å².